The molecular weight excluding hydrogens is 647 g/mol. The van der Waals surface area contributed by atoms with Gasteiger partial charge in [-0.05, 0) is 50.9 Å². The minimum atomic E-state index is 0.603. The van der Waals surface area contributed by atoms with Crippen molar-refractivity contribution in [3.63, 3.8) is 0 Å². The molecule has 0 radical (unpaired) electrons. The van der Waals surface area contributed by atoms with Gasteiger partial charge in [0.05, 0.1) is 11.4 Å². The van der Waals surface area contributed by atoms with Crippen molar-refractivity contribution in [2.45, 2.75) is 0 Å². The predicted octanol–water partition coefficient (Wildman–Crippen LogP) is 12.9. The maximum absolute atomic E-state index is 6.80. The SMILES string of the molecule is c1ccc(-c2cc(-c3ccccc3)nc(-c3ccccc3-c3ccc4ccccc4c3-c3cccc4nc(-c5cccc6ccccc56)oc34)n2)cc1. The third kappa shape index (κ3) is 5.45. The second kappa shape index (κ2) is 12.9. The lowest BCUT2D eigenvalue weighted by Crippen LogP contribution is -1.98. The predicted molar refractivity (Wildman–Crippen MR) is 217 cm³/mol. The van der Waals surface area contributed by atoms with Gasteiger partial charge in [-0.25, -0.2) is 15.0 Å². The topological polar surface area (TPSA) is 51.8 Å². The zero-order valence-electron chi connectivity index (χ0n) is 28.6. The lowest BCUT2D eigenvalue weighted by atomic mass is 9.87. The van der Waals surface area contributed by atoms with Gasteiger partial charge in [0.25, 0.3) is 0 Å². The van der Waals surface area contributed by atoms with Crippen molar-refractivity contribution in [1.29, 1.82) is 0 Å². The number of nitrogens with zero attached hydrogens (tertiary/aromatic N) is 3. The van der Waals surface area contributed by atoms with Crippen LogP contribution in [0.3, 0.4) is 0 Å². The lowest BCUT2D eigenvalue weighted by Gasteiger charge is -2.17. The smallest absolute Gasteiger partial charge is 0.227 e. The Morgan fingerprint density at radius 2 is 0.906 bits per heavy atom. The minimum absolute atomic E-state index is 0.603. The van der Waals surface area contributed by atoms with Crippen LogP contribution in [-0.2, 0) is 0 Å². The van der Waals surface area contributed by atoms with Gasteiger partial charge in [-0.15, -0.1) is 0 Å². The van der Waals surface area contributed by atoms with E-state index >= 15 is 0 Å². The number of benzene rings is 8. The number of fused-ring (bicyclic) bond motifs is 3. The standard InChI is InChI=1S/C49H31N3O/c1-3-17-34(18-4-1)44-31-45(35-19-5-2-6-20-35)51-48(50-44)40-25-12-11-24-38(40)39-30-29-33-16-8-10-23-37(33)46(39)42-27-14-28-43-47(42)53-49(52-43)41-26-13-21-32-15-7-9-22-36(32)41/h1-31H. The minimum Gasteiger partial charge on any atom is -0.435 e. The molecule has 10 aromatic rings. The van der Waals surface area contributed by atoms with Crippen LogP contribution < -0.4 is 0 Å². The molecule has 53 heavy (non-hydrogen) atoms. The molecule has 0 aliphatic carbocycles. The van der Waals surface area contributed by atoms with Gasteiger partial charge in [-0.3, -0.25) is 0 Å². The highest BCUT2D eigenvalue weighted by molar-refractivity contribution is 6.10. The first-order chi connectivity index (χ1) is 26.3. The summed E-state index contributed by atoms with van der Waals surface area (Å²) in [7, 11) is 0. The van der Waals surface area contributed by atoms with E-state index in [9.17, 15) is 0 Å². The first kappa shape index (κ1) is 30.6. The van der Waals surface area contributed by atoms with Crippen molar-refractivity contribution in [2.75, 3.05) is 0 Å². The maximum Gasteiger partial charge on any atom is 0.227 e. The van der Waals surface area contributed by atoms with Gasteiger partial charge in [-0.1, -0.05) is 170 Å². The molecule has 4 heteroatoms. The van der Waals surface area contributed by atoms with Crippen molar-refractivity contribution in [3.05, 3.63) is 188 Å². The molecule has 8 aromatic carbocycles. The van der Waals surface area contributed by atoms with Gasteiger partial charge < -0.3 is 4.42 Å². The molecule has 0 aliphatic rings. The van der Waals surface area contributed by atoms with E-state index in [0.29, 0.717) is 11.7 Å². The van der Waals surface area contributed by atoms with E-state index in [0.717, 1.165) is 88.5 Å². The maximum atomic E-state index is 6.80. The molecule has 4 nitrogen and oxygen atoms in total. The average molecular weight is 678 g/mol. The van der Waals surface area contributed by atoms with Gasteiger partial charge in [0.2, 0.25) is 5.89 Å². The second-order valence-corrected chi connectivity index (χ2v) is 13.1. The summed E-state index contributed by atoms with van der Waals surface area (Å²) in [6, 6.07) is 65.0. The van der Waals surface area contributed by atoms with Gasteiger partial charge >= 0.3 is 0 Å². The molecule has 0 N–H and O–H groups in total. The number of hydrogen-bond acceptors (Lipinski definition) is 4. The molecule has 0 spiro atoms. The number of hydrogen-bond donors (Lipinski definition) is 0. The fourth-order valence-corrected chi connectivity index (χ4v) is 7.45. The Morgan fingerprint density at radius 3 is 1.64 bits per heavy atom. The van der Waals surface area contributed by atoms with E-state index in [4.69, 9.17) is 19.4 Å². The van der Waals surface area contributed by atoms with Gasteiger partial charge in [0, 0.05) is 33.4 Å². The summed E-state index contributed by atoms with van der Waals surface area (Å²) in [6.07, 6.45) is 0. The number of oxazole rings is 1. The van der Waals surface area contributed by atoms with Crippen LogP contribution in [0.5, 0.6) is 0 Å². The van der Waals surface area contributed by atoms with Crippen LogP contribution >= 0.6 is 0 Å². The third-order valence-electron chi connectivity index (χ3n) is 9.96. The number of rotatable bonds is 6. The van der Waals surface area contributed by atoms with Gasteiger partial charge in [0.15, 0.2) is 11.4 Å². The monoisotopic (exact) mass is 677 g/mol. The quantitative estimate of drug-likeness (QED) is 0.176. The van der Waals surface area contributed by atoms with Crippen LogP contribution in [0, 0.1) is 0 Å². The fourth-order valence-electron chi connectivity index (χ4n) is 7.45. The Labute approximate surface area is 306 Å². The molecule has 10 rings (SSSR count). The molecule has 0 unspecified atom stereocenters. The van der Waals surface area contributed by atoms with E-state index in [-0.39, 0.29) is 0 Å². The largest absolute Gasteiger partial charge is 0.435 e. The molecule has 0 bridgehead atoms. The summed E-state index contributed by atoms with van der Waals surface area (Å²) >= 11 is 0. The van der Waals surface area contributed by atoms with Crippen LogP contribution in [0.2, 0.25) is 0 Å². The van der Waals surface area contributed by atoms with E-state index in [1.807, 2.05) is 42.5 Å². The van der Waals surface area contributed by atoms with Crippen LogP contribution in [-0.4, -0.2) is 15.0 Å². The summed E-state index contributed by atoms with van der Waals surface area (Å²) < 4.78 is 6.80. The Bertz CT molecular complexity index is 2890. The van der Waals surface area contributed by atoms with Crippen molar-refractivity contribution in [2.24, 2.45) is 0 Å². The fraction of sp³-hybridized carbons (Fsp3) is 0. The summed E-state index contributed by atoms with van der Waals surface area (Å²) in [5, 5.41) is 4.52. The Balaban J connectivity index is 1.21. The first-order valence-electron chi connectivity index (χ1n) is 17.8. The van der Waals surface area contributed by atoms with Crippen LogP contribution in [0.4, 0.5) is 0 Å². The molecule has 0 amide bonds. The Hall–Kier alpha value is -7.17. The Kier molecular flexibility index (Phi) is 7.43. The molecular formula is C49H31N3O. The average Bonchev–Trinajstić information content (AvgIpc) is 3.68. The number of para-hydroxylation sites is 1. The Morgan fingerprint density at radius 1 is 0.358 bits per heavy atom. The zero-order chi connectivity index (χ0) is 35.1. The summed E-state index contributed by atoms with van der Waals surface area (Å²) in [6.45, 7) is 0. The number of aromatic nitrogens is 3. The highest BCUT2D eigenvalue weighted by Crippen LogP contribution is 2.45. The summed E-state index contributed by atoms with van der Waals surface area (Å²) in [4.78, 5) is 15.5. The van der Waals surface area contributed by atoms with Gasteiger partial charge in [-0.2, -0.15) is 0 Å². The highest BCUT2D eigenvalue weighted by Gasteiger charge is 2.22. The zero-order valence-corrected chi connectivity index (χ0v) is 28.6. The van der Waals surface area contributed by atoms with Crippen molar-refractivity contribution >= 4 is 32.6 Å². The van der Waals surface area contributed by atoms with E-state index in [1.165, 1.54) is 0 Å². The van der Waals surface area contributed by atoms with Crippen molar-refractivity contribution < 1.29 is 4.42 Å². The molecule has 0 saturated carbocycles. The van der Waals surface area contributed by atoms with Crippen molar-refractivity contribution in [1.82, 2.24) is 15.0 Å². The van der Waals surface area contributed by atoms with Crippen LogP contribution in [0.1, 0.15) is 0 Å². The molecule has 248 valence electrons. The normalized spacial score (nSPS) is 11.4. The molecule has 0 atom stereocenters. The molecule has 0 fully saturated rings. The summed E-state index contributed by atoms with van der Waals surface area (Å²) in [5.74, 6) is 1.27. The third-order valence-corrected chi connectivity index (χ3v) is 9.96. The van der Waals surface area contributed by atoms with Crippen LogP contribution in [0.25, 0.3) is 100 Å². The molecule has 0 aliphatic heterocycles. The molecule has 0 saturated heterocycles. The van der Waals surface area contributed by atoms with E-state index in [1.54, 1.807) is 0 Å². The van der Waals surface area contributed by atoms with E-state index in [2.05, 4.69) is 146 Å². The van der Waals surface area contributed by atoms with Crippen molar-refractivity contribution in [3.8, 4) is 67.6 Å². The van der Waals surface area contributed by atoms with E-state index < -0.39 is 0 Å². The molecule has 2 aromatic heterocycles. The van der Waals surface area contributed by atoms with Crippen LogP contribution in [0.15, 0.2) is 192 Å². The first-order valence-corrected chi connectivity index (χ1v) is 17.8. The lowest BCUT2D eigenvalue weighted by molar-refractivity contribution is 0.621. The molecule has 2 heterocycles. The second-order valence-electron chi connectivity index (χ2n) is 13.1. The highest BCUT2D eigenvalue weighted by atomic mass is 16.3. The summed E-state index contributed by atoms with van der Waals surface area (Å²) in [5.41, 5.74) is 11.4. The van der Waals surface area contributed by atoms with Gasteiger partial charge in [0.1, 0.15) is 5.52 Å².